The largest absolute Gasteiger partial charge is 0.507 e. The molecule has 0 bridgehead atoms. The highest BCUT2D eigenvalue weighted by atomic mass is 32.1. The minimum atomic E-state index is -0.861. The van der Waals surface area contributed by atoms with Gasteiger partial charge in [-0.25, -0.2) is 4.98 Å². The quantitative estimate of drug-likeness (QED) is 0.194. The molecule has 37 heavy (non-hydrogen) atoms. The van der Waals surface area contributed by atoms with E-state index in [2.05, 4.69) is 0 Å². The van der Waals surface area contributed by atoms with Crippen LogP contribution in [-0.4, -0.2) is 35.5 Å². The van der Waals surface area contributed by atoms with E-state index in [4.69, 9.17) is 14.5 Å². The summed E-state index contributed by atoms with van der Waals surface area (Å²) in [6.07, 6.45) is 0. The number of methoxy groups -OCH3 is 1. The number of carbonyl (C=O) groups excluding carboxylic acids is 2. The number of nitrogens with zero attached hydrogens (tertiary/aromatic N) is 2. The second-order valence-corrected chi connectivity index (χ2v) is 9.83. The molecular formula is C29H26N2O5S. The van der Waals surface area contributed by atoms with Gasteiger partial charge in [0.25, 0.3) is 5.78 Å². The van der Waals surface area contributed by atoms with Gasteiger partial charge < -0.3 is 14.6 Å². The van der Waals surface area contributed by atoms with Gasteiger partial charge in [-0.1, -0.05) is 29.5 Å². The monoisotopic (exact) mass is 514 g/mol. The van der Waals surface area contributed by atoms with Crippen molar-refractivity contribution in [1.29, 1.82) is 0 Å². The predicted octanol–water partition coefficient (Wildman–Crippen LogP) is 5.95. The molecule has 1 amide bonds. The molecule has 0 saturated carbocycles. The van der Waals surface area contributed by atoms with E-state index >= 15 is 0 Å². The Kier molecular flexibility index (Phi) is 6.43. The molecule has 8 heteroatoms. The first-order chi connectivity index (χ1) is 17.8. The van der Waals surface area contributed by atoms with Crippen LogP contribution < -0.4 is 14.4 Å². The molecule has 188 valence electrons. The summed E-state index contributed by atoms with van der Waals surface area (Å²) in [6.45, 7) is 6.39. The smallest absolute Gasteiger partial charge is 0.301 e. The molecule has 1 fully saturated rings. The highest BCUT2D eigenvalue weighted by molar-refractivity contribution is 7.22. The van der Waals surface area contributed by atoms with E-state index in [-0.39, 0.29) is 11.3 Å². The lowest BCUT2D eigenvalue weighted by Crippen LogP contribution is -2.29. The van der Waals surface area contributed by atoms with Gasteiger partial charge in [0.15, 0.2) is 5.13 Å². The first-order valence-corrected chi connectivity index (χ1v) is 12.7. The third-order valence-electron chi connectivity index (χ3n) is 6.34. The van der Waals surface area contributed by atoms with Crippen molar-refractivity contribution in [2.24, 2.45) is 0 Å². The number of carbonyl (C=O) groups is 2. The lowest BCUT2D eigenvalue weighted by molar-refractivity contribution is -0.132. The molecule has 7 nitrogen and oxygen atoms in total. The van der Waals surface area contributed by atoms with Crippen molar-refractivity contribution in [1.82, 2.24) is 4.98 Å². The minimum Gasteiger partial charge on any atom is -0.507 e. The van der Waals surface area contributed by atoms with Crippen molar-refractivity contribution >= 4 is 44.1 Å². The number of ketones is 1. The van der Waals surface area contributed by atoms with E-state index in [1.54, 1.807) is 55.6 Å². The number of ether oxygens (including phenoxy) is 2. The van der Waals surface area contributed by atoms with Crippen LogP contribution in [0.5, 0.6) is 11.5 Å². The first-order valence-electron chi connectivity index (χ1n) is 11.9. The zero-order chi connectivity index (χ0) is 26.3. The number of thiazole rings is 1. The lowest BCUT2D eigenvalue weighted by Gasteiger charge is -2.23. The van der Waals surface area contributed by atoms with Gasteiger partial charge in [0.1, 0.15) is 17.3 Å². The van der Waals surface area contributed by atoms with Crippen LogP contribution in [0.25, 0.3) is 16.0 Å². The summed E-state index contributed by atoms with van der Waals surface area (Å²) >= 11 is 1.35. The number of rotatable bonds is 6. The Morgan fingerprint density at radius 3 is 2.35 bits per heavy atom. The van der Waals surface area contributed by atoms with Crippen molar-refractivity contribution in [2.45, 2.75) is 26.8 Å². The SMILES string of the molecule is CCOc1ccc([C@H]2C(=C(O)c3ccc(OC)cc3)C(=O)C(=O)N2c2nc3c(C)cc(C)cc3s2)cc1. The molecule has 1 saturated heterocycles. The van der Waals surface area contributed by atoms with Gasteiger partial charge in [0, 0.05) is 5.56 Å². The van der Waals surface area contributed by atoms with Crippen LogP contribution in [-0.2, 0) is 9.59 Å². The zero-order valence-corrected chi connectivity index (χ0v) is 21.8. The topological polar surface area (TPSA) is 89.0 Å². The van der Waals surface area contributed by atoms with Crippen molar-refractivity contribution in [3.63, 3.8) is 0 Å². The van der Waals surface area contributed by atoms with Gasteiger partial charge in [0.2, 0.25) is 0 Å². The standard InChI is InChI=1S/C29H26N2O5S/c1-5-36-21-12-6-18(7-13-21)25-23(26(32)19-8-10-20(35-4)11-9-19)27(33)28(34)31(25)29-30-24-17(3)14-16(2)15-22(24)37-29/h6-15,25,32H,5H2,1-4H3/t25-/m0/s1. The minimum absolute atomic E-state index is 0.00600. The molecule has 0 radical (unpaired) electrons. The number of Topliss-reactive ketones (excluding diaryl/α,β-unsaturated/α-hetero) is 1. The van der Waals surface area contributed by atoms with Gasteiger partial charge in [-0.05, 0) is 79.9 Å². The number of amides is 1. The van der Waals surface area contributed by atoms with Crippen LogP contribution >= 0.6 is 11.3 Å². The Hall–Kier alpha value is -4.17. The number of aliphatic hydroxyl groups excluding tert-OH is 1. The lowest BCUT2D eigenvalue weighted by atomic mass is 9.95. The van der Waals surface area contributed by atoms with Gasteiger partial charge in [-0.3, -0.25) is 14.5 Å². The molecule has 1 N–H and O–H groups in total. The maximum Gasteiger partial charge on any atom is 0.301 e. The Labute approximate surface area is 218 Å². The number of hydrogen-bond acceptors (Lipinski definition) is 7. The fraction of sp³-hybridized carbons (Fsp3) is 0.207. The van der Waals surface area contributed by atoms with Gasteiger partial charge >= 0.3 is 5.91 Å². The van der Waals surface area contributed by atoms with Crippen molar-refractivity contribution in [3.8, 4) is 11.5 Å². The van der Waals surface area contributed by atoms with Crippen LogP contribution in [0.15, 0.2) is 66.2 Å². The van der Waals surface area contributed by atoms with E-state index in [9.17, 15) is 14.7 Å². The van der Waals surface area contributed by atoms with E-state index in [1.807, 2.05) is 32.9 Å². The number of aliphatic hydroxyl groups is 1. The molecule has 4 aromatic rings. The maximum absolute atomic E-state index is 13.5. The molecule has 1 aliphatic heterocycles. The van der Waals surface area contributed by atoms with E-state index < -0.39 is 17.7 Å². The van der Waals surface area contributed by atoms with Crippen molar-refractivity contribution < 1.29 is 24.2 Å². The summed E-state index contributed by atoms with van der Waals surface area (Å²) in [7, 11) is 1.55. The highest BCUT2D eigenvalue weighted by Gasteiger charge is 2.48. The Morgan fingerprint density at radius 2 is 1.70 bits per heavy atom. The molecule has 1 atom stereocenters. The summed E-state index contributed by atoms with van der Waals surface area (Å²) in [5.41, 5.74) is 3.93. The molecule has 2 heterocycles. The maximum atomic E-state index is 13.5. The fourth-order valence-corrected chi connectivity index (χ4v) is 5.79. The summed E-state index contributed by atoms with van der Waals surface area (Å²) in [5, 5.41) is 11.7. The third kappa shape index (κ3) is 4.34. The molecule has 3 aromatic carbocycles. The normalized spacial score (nSPS) is 17.0. The molecule has 5 rings (SSSR count). The van der Waals surface area contributed by atoms with E-state index in [0.29, 0.717) is 34.4 Å². The predicted molar refractivity (Wildman–Crippen MR) is 144 cm³/mol. The summed E-state index contributed by atoms with van der Waals surface area (Å²) < 4.78 is 11.7. The summed E-state index contributed by atoms with van der Waals surface area (Å²) in [6, 6.07) is 17.1. The average molecular weight is 515 g/mol. The summed E-state index contributed by atoms with van der Waals surface area (Å²) in [4.78, 5) is 33.1. The van der Waals surface area contributed by atoms with Crippen molar-refractivity contribution in [2.75, 3.05) is 18.6 Å². The Morgan fingerprint density at radius 1 is 1.03 bits per heavy atom. The number of aryl methyl sites for hydroxylation is 2. The first kappa shape index (κ1) is 24.5. The fourth-order valence-electron chi connectivity index (χ4n) is 4.62. The van der Waals surface area contributed by atoms with E-state index in [1.165, 1.54) is 16.2 Å². The molecule has 1 aliphatic rings. The van der Waals surface area contributed by atoms with Crippen molar-refractivity contribution in [3.05, 3.63) is 88.5 Å². The van der Waals surface area contributed by atoms with Crippen LogP contribution in [0.1, 0.15) is 35.2 Å². The summed E-state index contributed by atoms with van der Waals surface area (Å²) in [5.74, 6) is -0.470. The Bertz CT molecular complexity index is 1540. The van der Waals surface area contributed by atoms with Gasteiger partial charge in [0.05, 0.1) is 35.5 Å². The number of aromatic nitrogens is 1. The van der Waals surface area contributed by atoms with E-state index in [0.717, 1.165) is 21.3 Å². The molecule has 0 aliphatic carbocycles. The highest BCUT2D eigenvalue weighted by Crippen LogP contribution is 2.45. The number of hydrogen-bond donors (Lipinski definition) is 1. The van der Waals surface area contributed by atoms with Crippen LogP contribution in [0.3, 0.4) is 0 Å². The average Bonchev–Trinajstić information content (AvgIpc) is 3.43. The molecular weight excluding hydrogens is 488 g/mol. The van der Waals surface area contributed by atoms with Crippen LogP contribution in [0, 0.1) is 13.8 Å². The van der Waals surface area contributed by atoms with Crippen LogP contribution in [0.2, 0.25) is 0 Å². The van der Waals surface area contributed by atoms with Crippen LogP contribution in [0.4, 0.5) is 5.13 Å². The number of fused-ring (bicyclic) bond motifs is 1. The number of anilines is 1. The second-order valence-electron chi connectivity index (χ2n) is 8.82. The Balaban J connectivity index is 1.70. The molecule has 0 spiro atoms. The number of benzene rings is 3. The molecule has 0 unspecified atom stereocenters. The second kappa shape index (κ2) is 9.71. The molecule has 1 aromatic heterocycles. The third-order valence-corrected chi connectivity index (χ3v) is 7.34. The van der Waals surface area contributed by atoms with Gasteiger partial charge in [-0.2, -0.15) is 0 Å². The van der Waals surface area contributed by atoms with Gasteiger partial charge in [-0.15, -0.1) is 0 Å². The zero-order valence-electron chi connectivity index (χ0n) is 20.9.